The Hall–Kier alpha value is -2.36. The van der Waals surface area contributed by atoms with Gasteiger partial charge in [0.2, 0.25) is 0 Å². The van der Waals surface area contributed by atoms with Gasteiger partial charge in [-0.15, -0.1) is 11.3 Å². The third-order valence-corrected chi connectivity index (χ3v) is 7.61. The van der Waals surface area contributed by atoms with Gasteiger partial charge in [-0.2, -0.15) is 16.9 Å². The molecule has 4 aromatic rings. The van der Waals surface area contributed by atoms with Crippen LogP contribution in [0, 0.1) is 0 Å². The molecule has 3 aromatic heterocycles. The number of rotatable bonds is 9. The number of carbonyl (C=O) groups is 1. The average molecular weight is 534 g/mol. The molecule has 1 atom stereocenters. The first-order valence-corrected chi connectivity index (χ1v) is 13.4. The van der Waals surface area contributed by atoms with E-state index in [9.17, 15) is 9.90 Å². The summed E-state index contributed by atoms with van der Waals surface area (Å²) in [5, 5.41) is 18.2. The minimum atomic E-state index is -0.274. The van der Waals surface area contributed by atoms with Crippen LogP contribution < -0.4 is 5.32 Å². The number of carbonyl (C=O) groups excluding carboxylic acids is 1. The molecule has 0 aliphatic heterocycles. The van der Waals surface area contributed by atoms with Crippen LogP contribution in [0.15, 0.2) is 60.9 Å². The molecule has 176 valence electrons. The average Bonchev–Trinajstić information content (AvgIpc) is 3.52. The number of thioether (sulfide) groups is 1. The normalized spacial score (nSPS) is 12.0. The van der Waals surface area contributed by atoms with Gasteiger partial charge in [0.25, 0.3) is 5.91 Å². The highest BCUT2D eigenvalue weighted by Gasteiger charge is 2.19. The molecular formula is C24H22Cl2N4O2S2. The van der Waals surface area contributed by atoms with E-state index in [1.54, 1.807) is 47.0 Å². The Morgan fingerprint density at radius 1 is 1.21 bits per heavy atom. The molecule has 34 heavy (non-hydrogen) atoms. The van der Waals surface area contributed by atoms with Gasteiger partial charge in [-0.3, -0.25) is 9.78 Å². The quantitative estimate of drug-likeness (QED) is 0.284. The zero-order chi connectivity index (χ0) is 24.1. The van der Waals surface area contributed by atoms with E-state index in [2.05, 4.69) is 10.3 Å². The second-order valence-corrected chi connectivity index (χ2v) is 10.3. The molecule has 0 bridgehead atoms. The molecular weight excluding hydrogens is 511 g/mol. The summed E-state index contributed by atoms with van der Waals surface area (Å²) in [6, 6.07) is 14.5. The number of pyridine rings is 1. The number of hydrogen-bond acceptors (Lipinski definition) is 6. The molecule has 0 saturated carbocycles. The van der Waals surface area contributed by atoms with Crippen molar-refractivity contribution in [2.75, 3.05) is 18.6 Å². The molecule has 1 aromatic carbocycles. The zero-order valence-corrected chi connectivity index (χ0v) is 21.4. The van der Waals surface area contributed by atoms with Gasteiger partial charge in [-0.25, -0.2) is 4.68 Å². The summed E-state index contributed by atoms with van der Waals surface area (Å²) in [4.78, 5) is 18.4. The van der Waals surface area contributed by atoms with Crippen molar-refractivity contribution in [1.82, 2.24) is 20.1 Å². The van der Waals surface area contributed by atoms with Gasteiger partial charge in [-0.1, -0.05) is 23.2 Å². The van der Waals surface area contributed by atoms with Crippen molar-refractivity contribution in [2.45, 2.75) is 12.5 Å². The number of thiophene rings is 1. The standard InChI is InChI=1S/C24H22Cl2N4O2S2/c1-33-10-8-16(14-31)28-24(32)23-7-6-22(34-23)21-12-20(15-3-2-9-27-13-15)29-30(21)17-4-5-18(25)19(26)11-17/h2-7,9,11-13,16,31H,8,10,14H2,1H3,(H,28,32)/t16-/m0/s1. The third kappa shape index (κ3) is 5.64. The van der Waals surface area contributed by atoms with Crippen molar-refractivity contribution >= 4 is 52.2 Å². The van der Waals surface area contributed by atoms with E-state index < -0.39 is 0 Å². The summed E-state index contributed by atoms with van der Waals surface area (Å²) in [6.07, 6.45) is 6.17. The molecule has 10 heteroatoms. The van der Waals surface area contributed by atoms with Gasteiger partial charge in [0.1, 0.15) is 0 Å². The largest absolute Gasteiger partial charge is 0.394 e. The fourth-order valence-corrected chi connectivity index (χ4v) is 5.07. The van der Waals surface area contributed by atoms with Crippen molar-refractivity contribution in [3.8, 4) is 27.5 Å². The molecule has 3 heterocycles. The summed E-state index contributed by atoms with van der Waals surface area (Å²) in [6.45, 7) is -0.0941. The first-order chi connectivity index (χ1) is 16.5. The Bertz CT molecular complexity index is 1280. The summed E-state index contributed by atoms with van der Waals surface area (Å²) < 4.78 is 1.78. The van der Waals surface area contributed by atoms with E-state index in [-0.39, 0.29) is 18.6 Å². The number of amides is 1. The molecule has 0 unspecified atom stereocenters. The van der Waals surface area contributed by atoms with Crippen molar-refractivity contribution in [3.05, 3.63) is 75.8 Å². The van der Waals surface area contributed by atoms with Gasteiger partial charge in [0, 0.05) is 18.0 Å². The number of aromatic nitrogens is 3. The fourth-order valence-electron chi connectivity index (χ4n) is 3.35. The second-order valence-electron chi connectivity index (χ2n) is 7.47. The Balaban J connectivity index is 1.69. The Kier molecular flexibility index (Phi) is 8.28. The molecule has 1 amide bonds. The highest BCUT2D eigenvalue weighted by atomic mass is 35.5. The number of halogens is 2. The van der Waals surface area contributed by atoms with Crippen LogP contribution in [-0.4, -0.2) is 50.4 Å². The fraction of sp³-hybridized carbons (Fsp3) is 0.208. The summed E-state index contributed by atoms with van der Waals surface area (Å²) in [5.74, 6) is 0.658. The molecule has 0 aliphatic carbocycles. The first-order valence-electron chi connectivity index (χ1n) is 10.5. The lowest BCUT2D eigenvalue weighted by atomic mass is 10.2. The molecule has 0 fully saturated rings. The lowest BCUT2D eigenvalue weighted by Crippen LogP contribution is -2.37. The van der Waals surface area contributed by atoms with E-state index in [0.717, 1.165) is 33.3 Å². The van der Waals surface area contributed by atoms with Crippen LogP contribution in [0.25, 0.3) is 27.5 Å². The summed E-state index contributed by atoms with van der Waals surface area (Å²) in [7, 11) is 0. The van der Waals surface area contributed by atoms with Crippen LogP contribution in [0.3, 0.4) is 0 Å². The van der Waals surface area contributed by atoms with Gasteiger partial charge in [-0.05, 0) is 67.0 Å². The van der Waals surface area contributed by atoms with Gasteiger partial charge >= 0.3 is 0 Å². The number of aliphatic hydroxyl groups excluding tert-OH is 1. The minimum Gasteiger partial charge on any atom is -0.394 e. The van der Waals surface area contributed by atoms with Crippen LogP contribution in [0.4, 0.5) is 0 Å². The number of nitrogens with zero attached hydrogens (tertiary/aromatic N) is 3. The van der Waals surface area contributed by atoms with Crippen LogP contribution in [0.2, 0.25) is 10.0 Å². The second kappa shape index (κ2) is 11.4. The molecule has 4 rings (SSSR count). The lowest BCUT2D eigenvalue weighted by Gasteiger charge is -2.14. The monoisotopic (exact) mass is 532 g/mol. The molecule has 0 spiro atoms. The van der Waals surface area contributed by atoms with E-state index in [0.29, 0.717) is 21.3 Å². The van der Waals surface area contributed by atoms with Crippen molar-refractivity contribution in [1.29, 1.82) is 0 Å². The van der Waals surface area contributed by atoms with Crippen LogP contribution in [0.1, 0.15) is 16.1 Å². The topological polar surface area (TPSA) is 80.0 Å². The van der Waals surface area contributed by atoms with E-state index in [1.165, 1.54) is 11.3 Å². The number of nitrogens with one attached hydrogen (secondary N) is 1. The maximum Gasteiger partial charge on any atom is 0.261 e. The van der Waals surface area contributed by atoms with Gasteiger partial charge in [0.05, 0.1) is 49.5 Å². The minimum absolute atomic E-state index is 0.0941. The van der Waals surface area contributed by atoms with E-state index in [1.807, 2.05) is 36.6 Å². The highest BCUT2D eigenvalue weighted by Crippen LogP contribution is 2.34. The Morgan fingerprint density at radius 3 is 2.76 bits per heavy atom. The highest BCUT2D eigenvalue weighted by molar-refractivity contribution is 7.98. The van der Waals surface area contributed by atoms with Crippen molar-refractivity contribution < 1.29 is 9.90 Å². The molecule has 0 aliphatic rings. The maximum absolute atomic E-state index is 12.8. The zero-order valence-electron chi connectivity index (χ0n) is 18.2. The van der Waals surface area contributed by atoms with Crippen LogP contribution in [0.5, 0.6) is 0 Å². The number of benzene rings is 1. The van der Waals surface area contributed by atoms with Crippen LogP contribution in [-0.2, 0) is 0 Å². The van der Waals surface area contributed by atoms with Crippen molar-refractivity contribution in [3.63, 3.8) is 0 Å². The Labute approximate surface area is 215 Å². The predicted molar refractivity (Wildman–Crippen MR) is 141 cm³/mol. The maximum atomic E-state index is 12.8. The molecule has 6 nitrogen and oxygen atoms in total. The summed E-state index contributed by atoms with van der Waals surface area (Å²) >= 11 is 15.4. The first kappa shape index (κ1) is 24.8. The lowest BCUT2D eigenvalue weighted by molar-refractivity contribution is 0.0919. The summed E-state index contributed by atoms with van der Waals surface area (Å²) in [5.41, 5.74) is 3.17. The number of hydrogen-bond donors (Lipinski definition) is 2. The van der Waals surface area contributed by atoms with Crippen LogP contribution >= 0.6 is 46.3 Å². The SMILES string of the molecule is CSCC[C@@H](CO)NC(=O)c1ccc(-c2cc(-c3cccnc3)nn2-c2ccc(Cl)c(Cl)c2)s1. The number of aliphatic hydroxyl groups is 1. The predicted octanol–water partition coefficient (Wildman–Crippen LogP) is 5.81. The van der Waals surface area contributed by atoms with Crippen molar-refractivity contribution in [2.24, 2.45) is 0 Å². The molecule has 2 N–H and O–H groups in total. The van der Waals surface area contributed by atoms with Gasteiger partial charge < -0.3 is 10.4 Å². The molecule has 0 radical (unpaired) electrons. The molecule has 0 saturated heterocycles. The Morgan fingerprint density at radius 2 is 2.06 bits per heavy atom. The van der Waals surface area contributed by atoms with Gasteiger partial charge in [0.15, 0.2) is 0 Å². The van der Waals surface area contributed by atoms with E-state index >= 15 is 0 Å². The third-order valence-electron chi connectivity index (χ3n) is 5.12. The van der Waals surface area contributed by atoms with E-state index in [4.69, 9.17) is 28.3 Å². The smallest absolute Gasteiger partial charge is 0.261 e.